The summed E-state index contributed by atoms with van der Waals surface area (Å²) >= 11 is 0. The van der Waals surface area contributed by atoms with E-state index >= 15 is 0 Å². The lowest BCUT2D eigenvalue weighted by Gasteiger charge is -2.38. The molecule has 20 heavy (non-hydrogen) atoms. The number of rotatable bonds is 4. The van der Waals surface area contributed by atoms with Crippen molar-refractivity contribution in [2.24, 2.45) is 5.84 Å². The van der Waals surface area contributed by atoms with Gasteiger partial charge in [0.1, 0.15) is 11.6 Å². The highest BCUT2D eigenvalue weighted by Crippen LogP contribution is 2.27. The van der Waals surface area contributed by atoms with Crippen molar-refractivity contribution in [1.29, 1.82) is 0 Å². The molecule has 0 saturated carbocycles. The number of hydrogen-bond acceptors (Lipinski definition) is 4. The maximum absolute atomic E-state index is 13.9. The first-order valence-corrected chi connectivity index (χ1v) is 6.80. The van der Waals surface area contributed by atoms with E-state index in [-0.39, 0.29) is 11.7 Å². The normalized spacial score (nSPS) is 22.2. The third-order valence-electron chi connectivity index (χ3n) is 3.72. The Balaban J connectivity index is 2.23. The van der Waals surface area contributed by atoms with Gasteiger partial charge in [-0.2, -0.15) is 0 Å². The quantitative estimate of drug-likeness (QED) is 0.651. The monoisotopic (exact) mass is 285 g/mol. The van der Waals surface area contributed by atoms with Crippen LogP contribution in [-0.2, 0) is 4.74 Å². The molecule has 2 rings (SSSR count). The average molecular weight is 285 g/mol. The van der Waals surface area contributed by atoms with Crippen LogP contribution >= 0.6 is 0 Å². The van der Waals surface area contributed by atoms with E-state index in [1.54, 1.807) is 0 Å². The van der Waals surface area contributed by atoms with Gasteiger partial charge < -0.3 is 4.74 Å². The average Bonchev–Trinajstić information content (AvgIpc) is 2.43. The molecule has 4 nitrogen and oxygen atoms in total. The van der Waals surface area contributed by atoms with E-state index in [1.807, 2.05) is 0 Å². The van der Waals surface area contributed by atoms with Crippen molar-refractivity contribution in [2.45, 2.75) is 32.0 Å². The lowest BCUT2D eigenvalue weighted by molar-refractivity contribution is -0.0571. The molecule has 0 aliphatic carbocycles. The number of nitrogens with two attached hydrogens (primary N) is 1. The van der Waals surface area contributed by atoms with E-state index in [4.69, 9.17) is 10.6 Å². The van der Waals surface area contributed by atoms with E-state index in [2.05, 4.69) is 24.2 Å². The van der Waals surface area contributed by atoms with Crippen LogP contribution in [0.2, 0.25) is 0 Å². The first-order valence-electron chi connectivity index (χ1n) is 6.80. The largest absolute Gasteiger partial charge is 0.374 e. The second kappa shape index (κ2) is 6.58. The number of hydrazine groups is 1. The second-order valence-corrected chi connectivity index (χ2v) is 5.28. The van der Waals surface area contributed by atoms with Gasteiger partial charge in [0.2, 0.25) is 0 Å². The van der Waals surface area contributed by atoms with Crippen molar-refractivity contribution in [3.05, 3.63) is 35.4 Å². The van der Waals surface area contributed by atoms with Gasteiger partial charge in [0, 0.05) is 24.7 Å². The molecule has 2 unspecified atom stereocenters. The van der Waals surface area contributed by atoms with Crippen LogP contribution in [0, 0.1) is 11.6 Å². The third kappa shape index (κ3) is 3.15. The van der Waals surface area contributed by atoms with Crippen molar-refractivity contribution in [3.63, 3.8) is 0 Å². The SMILES string of the molecule is CC(C)N1CCOC(C(NN)c2c(F)cccc2F)C1. The van der Waals surface area contributed by atoms with Crippen LogP contribution in [0.25, 0.3) is 0 Å². The number of halogens is 2. The zero-order valence-corrected chi connectivity index (χ0v) is 11.8. The van der Waals surface area contributed by atoms with Crippen LogP contribution in [0.3, 0.4) is 0 Å². The summed E-state index contributed by atoms with van der Waals surface area (Å²) in [5, 5.41) is 0. The highest BCUT2D eigenvalue weighted by Gasteiger charge is 2.32. The Hall–Kier alpha value is -1.08. The molecule has 1 aliphatic rings. The molecule has 1 aliphatic heterocycles. The smallest absolute Gasteiger partial charge is 0.131 e. The second-order valence-electron chi connectivity index (χ2n) is 5.28. The van der Waals surface area contributed by atoms with E-state index < -0.39 is 17.7 Å². The minimum absolute atomic E-state index is 0.0643. The number of nitrogens with zero attached hydrogens (tertiary/aromatic N) is 1. The number of benzene rings is 1. The fourth-order valence-corrected chi connectivity index (χ4v) is 2.55. The standard InChI is InChI=1S/C14H21F2N3O/c1-9(2)19-6-7-20-12(8-19)14(18-17)13-10(15)4-3-5-11(13)16/h3-5,9,12,14,18H,6-8,17H2,1-2H3. The van der Waals surface area contributed by atoms with Crippen LogP contribution < -0.4 is 11.3 Å². The first kappa shape index (κ1) is 15.3. The number of morpholine rings is 1. The Morgan fingerprint density at radius 3 is 2.55 bits per heavy atom. The first-order chi connectivity index (χ1) is 9.54. The molecule has 1 fully saturated rings. The van der Waals surface area contributed by atoms with Crippen molar-refractivity contribution in [3.8, 4) is 0 Å². The molecule has 0 spiro atoms. The Labute approximate surface area is 117 Å². The summed E-state index contributed by atoms with van der Waals surface area (Å²) in [6, 6.07) is 3.43. The van der Waals surface area contributed by atoms with Gasteiger partial charge in [0.25, 0.3) is 0 Å². The molecule has 1 saturated heterocycles. The van der Waals surface area contributed by atoms with Crippen molar-refractivity contribution in [1.82, 2.24) is 10.3 Å². The summed E-state index contributed by atoms with van der Waals surface area (Å²) in [5.74, 6) is 4.29. The van der Waals surface area contributed by atoms with Gasteiger partial charge in [-0.15, -0.1) is 0 Å². The Morgan fingerprint density at radius 2 is 2.00 bits per heavy atom. The van der Waals surface area contributed by atoms with Gasteiger partial charge in [-0.1, -0.05) is 6.07 Å². The maximum Gasteiger partial charge on any atom is 0.131 e. The Morgan fingerprint density at radius 1 is 1.35 bits per heavy atom. The summed E-state index contributed by atoms with van der Waals surface area (Å²) in [6.45, 7) is 6.08. The predicted octanol–water partition coefficient (Wildman–Crippen LogP) is 1.58. The molecular weight excluding hydrogens is 264 g/mol. The van der Waals surface area contributed by atoms with Crippen LogP contribution in [0.15, 0.2) is 18.2 Å². The summed E-state index contributed by atoms with van der Waals surface area (Å²) < 4.78 is 33.4. The molecule has 112 valence electrons. The third-order valence-corrected chi connectivity index (χ3v) is 3.72. The maximum atomic E-state index is 13.9. The van der Waals surface area contributed by atoms with Crippen molar-refractivity contribution in [2.75, 3.05) is 19.7 Å². The zero-order chi connectivity index (χ0) is 14.7. The molecule has 1 aromatic rings. The molecule has 0 aromatic heterocycles. The molecule has 1 heterocycles. The van der Waals surface area contributed by atoms with Crippen molar-refractivity contribution < 1.29 is 13.5 Å². The summed E-state index contributed by atoms with van der Waals surface area (Å²) in [5.41, 5.74) is 2.43. The summed E-state index contributed by atoms with van der Waals surface area (Å²) in [4.78, 5) is 2.21. The van der Waals surface area contributed by atoms with E-state index in [1.165, 1.54) is 18.2 Å². The number of nitrogens with one attached hydrogen (secondary N) is 1. The van der Waals surface area contributed by atoms with Crippen LogP contribution in [0.4, 0.5) is 8.78 Å². The molecule has 0 radical (unpaired) electrons. The minimum atomic E-state index is -0.710. The number of hydrogen-bond donors (Lipinski definition) is 2. The highest BCUT2D eigenvalue weighted by atomic mass is 19.1. The molecule has 6 heteroatoms. The van der Waals surface area contributed by atoms with Crippen LogP contribution in [-0.4, -0.2) is 36.7 Å². The molecular formula is C14H21F2N3O. The molecule has 0 bridgehead atoms. The molecule has 3 N–H and O–H groups in total. The summed E-state index contributed by atoms with van der Waals surface area (Å²) in [7, 11) is 0. The number of ether oxygens (including phenoxy) is 1. The van der Waals surface area contributed by atoms with Crippen LogP contribution in [0.1, 0.15) is 25.5 Å². The van der Waals surface area contributed by atoms with E-state index in [9.17, 15) is 8.78 Å². The fourth-order valence-electron chi connectivity index (χ4n) is 2.55. The lowest BCUT2D eigenvalue weighted by atomic mass is 9.99. The molecule has 2 atom stereocenters. The van der Waals surface area contributed by atoms with Gasteiger partial charge >= 0.3 is 0 Å². The Kier molecular flexibility index (Phi) is 5.04. The zero-order valence-electron chi connectivity index (χ0n) is 11.8. The van der Waals surface area contributed by atoms with Gasteiger partial charge in [-0.25, -0.2) is 8.78 Å². The fraction of sp³-hybridized carbons (Fsp3) is 0.571. The van der Waals surface area contributed by atoms with Gasteiger partial charge in [0.05, 0.1) is 18.8 Å². The summed E-state index contributed by atoms with van der Waals surface area (Å²) in [6.07, 6.45) is -0.387. The predicted molar refractivity (Wildman–Crippen MR) is 72.9 cm³/mol. The minimum Gasteiger partial charge on any atom is -0.374 e. The van der Waals surface area contributed by atoms with E-state index in [0.29, 0.717) is 19.2 Å². The molecule has 0 amide bonds. The van der Waals surface area contributed by atoms with Gasteiger partial charge in [-0.3, -0.25) is 16.2 Å². The highest BCUT2D eigenvalue weighted by molar-refractivity contribution is 5.24. The van der Waals surface area contributed by atoms with Gasteiger partial charge in [0.15, 0.2) is 0 Å². The van der Waals surface area contributed by atoms with Crippen molar-refractivity contribution >= 4 is 0 Å². The van der Waals surface area contributed by atoms with E-state index in [0.717, 1.165) is 6.54 Å². The van der Waals surface area contributed by atoms with Crippen LogP contribution in [0.5, 0.6) is 0 Å². The Bertz CT molecular complexity index is 436. The molecule has 1 aromatic carbocycles. The topological polar surface area (TPSA) is 50.5 Å². The van der Waals surface area contributed by atoms with Gasteiger partial charge in [-0.05, 0) is 26.0 Å². The lowest BCUT2D eigenvalue weighted by Crippen LogP contribution is -2.51.